The lowest BCUT2D eigenvalue weighted by atomic mass is 10.1. The number of methoxy groups -OCH3 is 2. The Hall–Kier alpha value is -3.16. The Bertz CT molecular complexity index is 1200. The van der Waals surface area contributed by atoms with E-state index < -0.39 is 0 Å². The fourth-order valence-corrected chi connectivity index (χ4v) is 4.19. The van der Waals surface area contributed by atoms with Crippen LogP contribution >= 0.6 is 22.9 Å². The Balaban J connectivity index is 1.80. The third-order valence-electron chi connectivity index (χ3n) is 4.52. The van der Waals surface area contributed by atoms with Crippen molar-refractivity contribution in [3.8, 4) is 11.5 Å². The zero-order valence-electron chi connectivity index (χ0n) is 16.3. The standard InChI is InChI=1S/C22H18ClN3O3S/c1-28-16-6-7-18-20(11-16)30-22(25-18)26(13-14-4-3-9-24-12-14)21(27)17-10-15(23)5-8-19(17)29-2/h3-12H,13H2,1-2H3. The number of hydrogen-bond donors (Lipinski definition) is 0. The molecule has 8 heteroatoms. The lowest BCUT2D eigenvalue weighted by Gasteiger charge is -2.21. The van der Waals surface area contributed by atoms with Crippen molar-refractivity contribution in [3.05, 3.63) is 77.1 Å². The molecule has 2 heterocycles. The summed E-state index contributed by atoms with van der Waals surface area (Å²) in [6.07, 6.45) is 3.42. The van der Waals surface area contributed by atoms with E-state index in [0.717, 1.165) is 21.5 Å². The number of amides is 1. The van der Waals surface area contributed by atoms with Gasteiger partial charge >= 0.3 is 0 Å². The zero-order valence-corrected chi connectivity index (χ0v) is 17.9. The summed E-state index contributed by atoms with van der Waals surface area (Å²) in [5.74, 6) is 0.923. The molecule has 4 rings (SSSR count). The van der Waals surface area contributed by atoms with Crippen molar-refractivity contribution in [2.45, 2.75) is 6.54 Å². The molecule has 0 bridgehead atoms. The molecule has 0 aliphatic heterocycles. The third-order valence-corrected chi connectivity index (χ3v) is 5.79. The van der Waals surface area contributed by atoms with Crippen LogP contribution in [0.4, 0.5) is 5.13 Å². The normalized spacial score (nSPS) is 10.8. The van der Waals surface area contributed by atoms with Crippen LogP contribution in [0.1, 0.15) is 15.9 Å². The van der Waals surface area contributed by atoms with Gasteiger partial charge in [0, 0.05) is 17.4 Å². The van der Waals surface area contributed by atoms with Crippen molar-refractivity contribution in [1.82, 2.24) is 9.97 Å². The van der Waals surface area contributed by atoms with E-state index in [1.807, 2.05) is 30.3 Å². The van der Waals surface area contributed by atoms with Crippen LogP contribution in [-0.2, 0) is 6.54 Å². The van der Waals surface area contributed by atoms with Gasteiger partial charge in [-0.1, -0.05) is 29.0 Å². The second kappa shape index (κ2) is 8.69. The van der Waals surface area contributed by atoms with Gasteiger partial charge in [-0.3, -0.25) is 14.7 Å². The van der Waals surface area contributed by atoms with Crippen molar-refractivity contribution in [1.29, 1.82) is 0 Å². The van der Waals surface area contributed by atoms with E-state index in [9.17, 15) is 4.79 Å². The largest absolute Gasteiger partial charge is 0.497 e. The van der Waals surface area contributed by atoms with Gasteiger partial charge in [0.25, 0.3) is 5.91 Å². The smallest absolute Gasteiger partial charge is 0.264 e. The van der Waals surface area contributed by atoms with Crippen LogP contribution in [0.2, 0.25) is 5.02 Å². The Labute approximate surface area is 182 Å². The summed E-state index contributed by atoms with van der Waals surface area (Å²) in [5.41, 5.74) is 2.03. The predicted octanol–water partition coefficient (Wildman–Crippen LogP) is 5.21. The Morgan fingerprint density at radius 3 is 2.73 bits per heavy atom. The summed E-state index contributed by atoms with van der Waals surface area (Å²) in [6, 6.07) is 14.4. The SMILES string of the molecule is COc1ccc2nc(N(Cc3cccnc3)C(=O)c3cc(Cl)ccc3OC)sc2c1. The molecular formula is C22H18ClN3O3S. The van der Waals surface area contributed by atoms with Crippen LogP contribution in [0.3, 0.4) is 0 Å². The number of hydrogen-bond acceptors (Lipinski definition) is 6. The molecule has 0 N–H and O–H groups in total. The first-order chi connectivity index (χ1) is 14.6. The summed E-state index contributed by atoms with van der Waals surface area (Å²) < 4.78 is 11.6. The van der Waals surface area contributed by atoms with Gasteiger partial charge in [-0.05, 0) is 48.0 Å². The summed E-state index contributed by atoms with van der Waals surface area (Å²) in [7, 11) is 3.14. The van der Waals surface area contributed by atoms with E-state index in [1.54, 1.807) is 42.6 Å². The maximum absolute atomic E-state index is 13.6. The van der Waals surface area contributed by atoms with Crippen molar-refractivity contribution in [3.63, 3.8) is 0 Å². The highest BCUT2D eigenvalue weighted by molar-refractivity contribution is 7.22. The van der Waals surface area contributed by atoms with E-state index >= 15 is 0 Å². The van der Waals surface area contributed by atoms with Crippen molar-refractivity contribution in [2.24, 2.45) is 0 Å². The average Bonchev–Trinajstić information content (AvgIpc) is 3.20. The lowest BCUT2D eigenvalue weighted by Crippen LogP contribution is -2.30. The van der Waals surface area contributed by atoms with Gasteiger partial charge in [0.05, 0.1) is 36.5 Å². The predicted molar refractivity (Wildman–Crippen MR) is 119 cm³/mol. The van der Waals surface area contributed by atoms with E-state index in [0.29, 0.717) is 28.0 Å². The van der Waals surface area contributed by atoms with Crippen LogP contribution in [-0.4, -0.2) is 30.1 Å². The molecular weight excluding hydrogens is 422 g/mol. The first kappa shape index (κ1) is 20.1. The summed E-state index contributed by atoms with van der Waals surface area (Å²) in [4.78, 5) is 24.0. The molecule has 4 aromatic rings. The highest BCUT2D eigenvalue weighted by Gasteiger charge is 2.25. The Kier molecular flexibility index (Phi) is 5.83. The molecule has 0 unspecified atom stereocenters. The molecule has 0 saturated heterocycles. The van der Waals surface area contributed by atoms with Gasteiger partial charge in [-0.25, -0.2) is 4.98 Å². The summed E-state index contributed by atoms with van der Waals surface area (Å²) >= 11 is 7.58. The number of carbonyl (C=O) groups excluding carboxylic acids is 1. The number of benzene rings is 2. The maximum Gasteiger partial charge on any atom is 0.264 e. The molecule has 0 spiro atoms. The van der Waals surface area contributed by atoms with Crippen LogP contribution in [0.5, 0.6) is 11.5 Å². The third kappa shape index (κ3) is 4.08. The van der Waals surface area contributed by atoms with E-state index in [2.05, 4.69) is 9.97 Å². The minimum absolute atomic E-state index is 0.260. The Morgan fingerprint density at radius 1 is 1.13 bits per heavy atom. The number of nitrogens with zero attached hydrogens (tertiary/aromatic N) is 3. The number of rotatable bonds is 6. The molecule has 0 radical (unpaired) electrons. The molecule has 30 heavy (non-hydrogen) atoms. The first-order valence-electron chi connectivity index (χ1n) is 9.08. The fourth-order valence-electron chi connectivity index (χ4n) is 3.03. The minimum Gasteiger partial charge on any atom is -0.497 e. The molecule has 0 aliphatic carbocycles. The fraction of sp³-hybridized carbons (Fsp3) is 0.136. The molecule has 1 amide bonds. The van der Waals surface area contributed by atoms with Crippen LogP contribution in [0, 0.1) is 0 Å². The molecule has 0 saturated carbocycles. The molecule has 0 aliphatic rings. The molecule has 2 aromatic carbocycles. The topological polar surface area (TPSA) is 64.5 Å². The molecule has 0 fully saturated rings. The second-order valence-corrected chi connectivity index (χ2v) is 7.87. The van der Waals surface area contributed by atoms with Crippen LogP contribution < -0.4 is 14.4 Å². The van der Waals surface area contributed by atoms with Crippen molar-refractivity contribution >= 4 is 44.2 Å². The monoisotopic (exact) mass is 439 g/mol. The first-order valence-corrected chi connectivity index (χ1v) is 10.3. The van der Waals surface area contributed by atoms with E-state index in [1.165, 1.54) is 18.4 Å². The highest BCUT2D eigenvalue weighted by Crippen LogP contribution is 2.34. The van der Waals surface area contributed by atoms with Crippen molar-refractivity contribution in [2.75, 3.05) is 19.1 Å². The second-order valence-electron chi connectivity index (χ2n) is 6.43. The number of aromatic nitrogens is 2. The molecule has 152 valence electrons. The number of halogens is 1. The summed E-state index contributed by atoms with van der Waals surface area (Å²) in [6.45, 7) is 0.305. The van der Waals surface area contributed by atoms with Crippen molar-refractivity contribution < 1.29 is 14.3 Å². The number of carbonyl (C=O) groups is 1. The number of thiazole rings is 1. The average molecular weight is 440 g/mol. The van der Waals surface area contributed by atoms with Gasteiger partial charge in [0.2, 0.25) is 0 Å². The van der Waals surface area contributed by atoms with Gasteiger partial charge in [-0.2, -0.15) is 0 Å². The number of ether oxygens (including phenoxy) is 2. The quantitative estimate of drug-likeness (QED) is 0.412. The molecule has 2 aromatic heterocycles. The number of anilines is 1. The van der Waals surface area contributed by atoms with E-state index in [-0.39, 0.29) is 5.91 Å². The van der Waals surface area contributed by atoms with Gasteiger partial charge < -0.3 is 9.47 Å². The van der Waals surface area contributed by atoms with E-state index in [4.69, 9.17) is 21.1 Å². The highest BCUT2D eigenvalue weighted by atomic mass is 35.5. The molecule has 0 atom stereocenters. The minimum atomic E-state index is -0.260. The maximum atomic E-state index is 13.6. The number of fused-ring (bicyclic) bond motifs is 1. The van der Waals surface area contributed by atoms with Gasteiger partial charge in [0.15, 0.2) is 5.13 Å². The van der Waals surface area contributed by atoms with Gasteiger partial charge in [-0.15, -0.1) is 0 Å². The number of pyridine rings is 1. The van der Waals surface area contributed by atoms with Crippen LogP contribution in [0.15, 0.2) is 60.9 Å². The van der Waals surface area contributed by atoms with Crippen LogP contribution in [0.25, 0.3) is 10.2 Å². The summed E-state index contributed by atoms with van der Waals surface area (Å²) in [5, 5.41) is 1.02. The lowest BCUT2D eigenvalue weighted by molar-refractivity contribution is 0.0982. The Morgan fingerprint density at radius 2 is 2.00 bits per heavy atom. The zero-order chi connectivity index (χ0) is 21.1. The van der Waals surface area contributed by atoms with Gasteiger partial charge in [0.1, 0.15) is 11.5 Å². The molecule has 6 nitrogen and oxygen atoms in total.